The molecule has 3 rings (SSSR count). The number of hydrogen-bond acceptors (Lipinski definition) is 3. The van der Waals surface area contributed by atoms with Gasteiger partial charge >= 0.3 is 0 Å². The number of nitrogens with one attached hydrogen (secondary N) is 1. The van der Waals surface area contributed by atoms with Gasteiger partial charge in [0.1, 0.15) is 12.7 Å². The third-order valence-electron chi connectivity index (χ3n) is 3.24. The summed E-state index contributed by atoms with van der Waals surface area (Å²) in [6, 6.07) is 12.5. The quantitative estimate of drug-likeness (QED) is 0.805. The second kappa shape index (κ2) is 5.99. The highest BCUT2D eigenvalue weighted by molar-refractivity contribution is 6.31. The van der Waals surface area contributed by atoms with Crippen LogP contribution in [0.5, 0.6) is 0 Å². The van der Waals surface area contributed by atoms with Crippen molar-refractivity contribution in [3.05, 3.63) is 71.3 Å². The molecule has 6 heteroatoms. The molecular weight excluding hydrogens is 300 g/mol. The minimum absolute atomic E-state index is 0.190. The van der Waals surface area contributed by atoms with Crippen molar-refractivity contribution in [1.29, 1.82) is 0 Å². The van der Waals surface area contributed by atoms with Gasteiger partial charge in [0.15, 0.2) is 0 Å². The Bertz CT molecular complexity index is 798. The molecule has 1 N–H and O–H groups in total. The van der Waals surface area contributed by atoms with E-state index in [1.54, 1.807) is 29.2 Å². The maximum absolute atomic E-state index is 12.2. The van der Waals surface area contributed by atoms with Crippen LogP contribution in [0.2, 0.25) is 5.02 Å². The van der Waals surface area contributed by atoms with Gasteiger partial charge in [-0.15, -0.1) is 0 Å². The predicted molar refractivity (Wildman–Crippen MR) is 85.5 cm³/mol. The van der Waals surface area contributed by atoms with Gasteiger partial charge in [-0.3, -0.25) is 4.79 Å². The average Bonchev–Trinajstić information content (AvgIpc) is 3.05. The Balaban J connectivity index is 1.76. The maximum atomic E-state index is 12.2. The van der Waals surface area contributed by atoms with Crippen molar-refractivity contribution in [3.8, 4) is 5.69 Å². The lowest BCUT2D eigenvalue weighted by molar-refractivity contribution is 0.102. The number of aromatic nitrogens is 3. The number of anilines is 1. The summed E-state index contributed by atoms with van der Waals surface area (Å²) in [5.74, 6) is -0.190. The molecule has 2 aromatic carbocycles. The van der Waals surface area contributed by atoms with Crippen molar-refractivity contribution in [2.75, 3.05) is 5.32 Å². The molecule has 0 aliphatic heterocycles. The topological polar surface area (TPSA) is 59.8 Å². The Morgan fingerprint density at radius 3 is 2.59 bits per heavy atom. The van der Waals surface area contributed by atoms with Crippen LogP contribution in [-0.4, -0.2) is 20.7 Å². The molecule has 0 bridgehead atoms. The van der Waals surface area contributed by atoms with Gasteiger partial charge in [0.2, 0.25) is 0 Å². The third kappa shape index (κ3) is 2.99. The van der Waals surface area contributed by atoms with E-state index in [0.29, 0.717) is 16.3 Å². The molecule has 1 aromatic heterocycles. The number of hydrogen-bond donors (Lipinski definition) is 1. The van der Waals surface area contributed by atoms with Crippen molar-refractivity contribution in [3.63, 3.8) is 0 Å². The fourth-order valence-electron chi connectivity index (χ4n) is 1.98. The molecule has 0 fully saturated rings. The lowest BCUT2D eigenvalue weighted by atomic mass is 10.1. The highest BCUT2D eigenvalue weighted by Gasteiger charge is 2.07. The Morgan fingerprint density at radius 1 is 1.18 bits per heavy atom. The van der Waals surface area contributed by atoms with Crippen LogP contribution in [-0.2, 0) is 0 Å². The number of carbonyl (C=O) groups excluding carboxylic acids is 1. The molecule has 0 aliphatic rings. The van der Waals surface area contributed by atoms with E-state index in [9.17, 15) is 4.79 Å². The van der Waals surface area contributed by atoms with Crippen LogP contribution in [0, 0.1) is 6.92 Å². The number of halogens is 1. The van der Waals surface area contributed by atoms with Gasteiger partial charge in [0.25, 0.3) is 5.91 Å². The summed E-state index contributed by atoms with van der Waals surface area (Å²) in [6.07, 6.45) is 3.06. The minimum Gasteiger partial charge on any atom is -0.322 e. The van der Waals surface area contributed by atoms with E-state index in [2.05, 4.69) is 15.4 Å². The largest absolute Gasteiger partial charge is 0.322 e. The average molecular weight is 313 g/mol. The van der Waals surface area contributed by atoms with Gasteiger partial charge in [-0.05, 0) is 48.9 Å². The zero-order valence-corrected chi connectivity index (χ0v) is 12.6. The zero-order valence-electron chi connectivity index (χ0n) is 11.8. The third-order valence-corrected chi connectivity index (χ3v) is 3.65. The van der Waals surface area contributed by atoms with E-state index >= 15 is 0 Å². The lowest BCUT2D eigenvalue weighted by Crippen LogP contribution is -2.12. The summed E-state index contributed by atoms with van der Waals surface area (Å²) < 4.78 is 1.63. The van der Waals surface area contributed by atoms with Crippen molar-refractivity contribution >= 4 is 23.2 Å². The van der Waals surface area contributed by atoms with E-state index in [1.165, 1.54) is 6.33 Å². The Kier molecular flexibility index (Phi) is 3.89. The smallest absolute Gasteiger partial charge is 0.255 e. The van der Waals surface area contributed by atoms with Crippen molar-refractivity contribution in [1.82, 2.24) is 14.8 Å². The number of aryl methyl sites for hydroxylation is 1. The van der Waals surface area contributed by atoms with E-state index in [4.69, 9.17) is 11.6 Å². The van der Waals surface area contributed by atoms with Crippen LogP contribution in [0.4, 0.5) is 5.69 Å². The number of rotatable bonds is 3. The van der Waals surface area contributed by atoms with Gasteiger partial charge in [-0.1, -0.05) is 17.7 Å². The molecule has 0 saturated heterocycles. The SMILES string of the molecule is Cc1ccc(NC(=O)c2ccc(-n3cncn3)cc2)cc1Cl. The highest BCUT2D eigenvalue weighted by atomic mass is 35.5. The van der Waals surface area contributed by atoms with Crippen LogP contribution in [0.1, 0.15) is 15.9 Å². The Hall–Kier alpha value is -2.66. The van der Waals surface area contributed by atoms with E-state index in [-0.39, 0.29) is 5.91 Å². The van der Waals surface area contributed by atoms with Crippen LogP contribution in [0.25, 0.3) is 5.69 Å². The fraction of sp³-hybridized carbons (Fsp3) is 0.0625. The number of amides is 1. The number of carbonyl (C=O) groups is 1. The summed E-state index contributed by atoms with van der Waals surface area (Å²) in [5, 5.41) is 7.48. The Labute approximate surface area is 132 Å². The molecule has 0 unspecified atom stereocenters. The molecule has 0 aliphatic carbocycles. The molecule has 5 nitrogen and oxygen atoms in total. The first kappa shape index (κ1) is 14.3. The van der Waals surface area contributed by atoms with E-state index < -0.39 is 0 Å². The molecule has 0 atom stereocenters. The summed E-state index contributed by atoms with van der Waals surface area (Å²) in [5.41, 5.74) is 3.03. The van der Waals surface area contributed by atoms with Crippen LogP contribution < -0.4 is 5.32 Å². The molecular formula is C16H13ClN4O. The van der Waals surface area contributed by atoms with E-state index in [1.807, 2.05) is 31.2 Å². The van der Waals surface area contributed by atoms with Crippen LogP contribution in [0.3, 0.4) is 0 Å². The van der Waals surface area contributed by atoms with Crippen molar-refractivity contribution in [2.24, 2.45) is 0 Å². The first-order valence-corrected chi connectivity index (χ1v) is 7.04. The minimum atomic E-state index is -0.190. The van der Waals surface area contributed by atoms with Gasteiger partial charge in [-0.2, -0.15) is 5.10 Å². The molecule has 110 valence electrons. The Morgan fingerprint density at radius 2 is 1.95 bits per heavy atom. The number of nitrogens with zero attached hydrogens (tertiary/aromatic N) is 3. The molecule has 1 amide bonds. The first-order chi connectivity index (χ1) is 10.6. The summed E-state index contributed by atoms with van der Waals surface area (Å²) in [6.45, 7) is 1.91. The zero-order chi connectivity index (χ0) is 15.5. The van der Waals surface area contributed by atoms with Gasteiger partial charge in [0, 0.05) is 16.3 Å². The second-order valence-corrected chi connectivity index (χ2v) is 5.21. The van der Waals surface area contributed by atoms with Crippen LogP contribution in [0.15, 0.2) is 55.1 Å². The molecule has 0 radical (unpaired) electrons. The lowest BCUT2D eigenvalue weighted by Gasteiger charge is -2.07. The molecule has 22 heavy (non-hydrogen) atoms. The molecule has 0 saturated carbocycles. The van der Waals surface area contributed by atoms with Gasteiger partial charge < -0.3 is 5.32 Å². The van der Waals surface area contributed by atoms with Crippen molar-refractivity contribution in [2.45, 2.75) is 6.92 Å². The van der Waals surface area contributed by atoms with Gasteiger partial charge in [-0.25, -0.2) is 9.67 Å². The maximum Gasteiger partial charge on any atom is 0.255 e. The summed E-state index contributed by atoms with van der Waals surface area (Å²) in [4.78, 5) is 16.1. The monoisotopic (exact) mass is 312 g/mol. The van der Waals surface area contributed by atoms with Crippen LogP contribution >= 0.6 is 11.6 Å². The fourth-order valence-corrected chi connectivity index (χ4v) is 2.16. The highest BCUT2D eigenvalue weighted by Crippen LogP contribution is 2.20. The van der Waals surface area contributed by atoms with E-state index in [0.717, 1.165) is 11.3 Å². The molecule has 1 heterocycles. The summed E-state index contributed by atoms with van der Waals surface area (Å²) >= 11 is 6.05. The van der Waals surface area contributed by atoms with Crippen molar-refractivity contribution < 1.29 is 4.79 Å². The number of benzene rings is 2. The standard InChI is InChI=1S/C16H13ClN4O/c1-11-2-5-13(8-15(11)17)20-16(22)12-3-6-14(7-4-12)21-10-18-9-19-21/h2-10H,1H3,(H,20,22). The summed E-state index contributed by atoms with van der Waals surface area (Å²) in [7, 11) is 0. The molecule has 0 spiro atoms. The normalized spacial score (nSPS) is 10.5. The molecule has 3 aromatic rings. The predicted octanol–water partition coefficient (Wildman–Crippen LogP) is 3.48. The second-order valence-electron chi connectivity index (χ2n) is 4.81. The first-order valence-electron chi connectivity index (χ1n) is 6.66. The van der Waals surface area contributed by atoms with Gasteiger partial charge in [0.05, 0.1) is 5.69 Å².